The van der Waals surface area contributed by atoms with Gasteiger partial charge in [-0.25, -0.2) is 4.79 Å². The van der Waals surface area contributed by atoms with Crippen molar-refractivity contribution in [1.82, 2.24) is 0 Å². The summed E-state index contributed by atoms with van der Waals surface area (Å²) in [6.45, 7) is 10.4. The van der Waals surface area contributed by atoms with Gasteiger partial charge in [-0.1, -0.05) is 182 Å². The summed E-state index contributed by atoms with van der Waals surface area (Å²) in [5, 5.41) is 21.9. The van der Waals surface area contributed by atoms with Crippen molar-refractivity contribution in [2.24, 2.45) is 0 Å². The molecule has 1 aromatic carbocycles. The Balaban J connectivity index is 3.23. The van der Waals surface area contributed by atoms with E-state index in [-0.39, 0.29) is 28.6 Å². The quantitative estimate of drug-likeness (QED) is 0.0665. The number of hydrogen-bond donors (Lipinski definition) is 2. The topological polar surface area (TPSA) is 94.5 Å². The number of ether oxygens (including phenoxy) is 4. The molecular weight excluding hydrogens is 628 g/mol. The molecule has 1 aromatic rings. The van der Waals surface area contributed by atoms with Gasteiger partial charge in [-0.05, 0) is 25.7 Å². The predicted molar refractivity (Wildman–Crippen MR) is 209 cm³/mol. The predicted octanol–water partition coefficient (Wildman–Crippen LogP) is 13.6. The Morgan fingerprint density at radius 1 is 0.380 bits per heavy atom. The SMILES string of the molecule is CCCCCCCCCOc1c(O)c(C(=O)O)c(OCCCCCCCCC)c(OCCCCCCCCC)c1OCCCCCCCCC. The number of rotatable bonds is 37. The van der Waals surface area contributed by atoms with Gasteiger partial charge in [0.15, 0.2) is 17.1 Å². The van der Waals surface area contributed by atoms with Gasteiger partial charge in [0.1, 0.15) is 0 Å². The molecule has 7 nitrogen and oxygen atoms in total. The Hall–Kier alpha value is -2.31. The molecule has 0 unspecified atom stereocenters. The van der Waals surface area contributed by atoms with Crippen molar-refractivity contribution in [2.75, 3.05) is 26.4 Å². The van der Waals surface area contributed by atoms with Crippen LogP contribution in [-0.2, 0) is 0 Å². The number of aromatic hydroxyl groups is 1. The molecule has 0 aliphatic rings. The van der Waals surface area contributed by atoms with Crippen LogP contribution >= 0.6 is 0 Å². The zero-order chi connectivity index (χ0) is 36.5. The molecule has 0 amide bonds. The molecule has 0 heterocycles. The third-order valence-electron chi connectivity index (χ3n) is 9.49. The van der Waals surface area contributed by atoms with Crippen LogP contribution in [-0.4, -0.2) is 42.6 Å². The van der Waals surface area contributed by atoms with Crippen molar-refractivity contribution in [3.8, 4) is 28.7 Å². The van der Waals surface area contributed by atoms with Crippen molar-refractivity contribution in [3.05, 3.63) is 5.56 Å². The van der Waals surface area contributed by atoms with Gasteiger partial charge in [-0.15, -0.1) is 0 Å². The lowest BCUT2D eigenvalue weighted by Crippen LogP contribution is -2.13. The standard InChI is InChI=1S/C43H78O7/c1-5-9-13-17-21-25-29-33-47-39-37(43(45)46)38(44)40(48-34-30-26-22-18-14-10-6-2)42(50-36-32-28-24-20-16-12-8-4)41(39)49-35-31-27-23-19-15-11-7-3/h44H,5-36H2,1-4H3,(H,45,46). The summed E-state index contributed by atoms with van der Waals surface area (Å²) in [5.74, 6) is -1.05. The molecule has 0 fully saturated rings. The first kappa shape index (κ1) is 45.7. The van der Waals surface area contributed by atoms with E-state index in [2.05, 4.69) is 27.7 Å². The molecular formula is C43H78O7. The number of carboxylic acids is 1. The van der Waals surface area contributed by atoms with Gasteiger partial charge >= 0.3 is 5.97 Å². The summed E-state index contributed by atoms with van der Waals surface area (Å²) in [5.41, 5.74) is -0.305. The highest BCUT2D eigenvalue weighted by molar-refractivity contribution is 5.97. The molecule has 2 N–H and O–H groups in total. The number of unbranched alkanes of at least 4 members (excludes halogenated alkanes) is 24. The fraction of sp³-hybridized carbons (Fsp3) is 0.837. The second-order valence-corrected chi connectivity index (χ2v) is 14.2. The molecule has 0 saturated carbocycles. The summed E-state index contributed by atoms with van der Waals surface area (Å²) >= 11 is 0. The third-order valence-corrected chi connectivity index (χ3v) is 9.49. The Kier molecular flexibility index (Phi) is 29.8. The van der Waals surface area contributed by atoms with Crippen molar-refractivity contribution in [1.29, 1.82) is 0 Å². The highest BCUT2D eigenvalue weighted by atomic mass is 16.6. The van der Waals surface area contributed by atoms with E-state index in [0.717, 1.165) is 77.0 Å². The van der Waals surface area contributed by atoms with E-state index in [9.17, 15) is 15.0 Å². The van der Waals surface area contributed by atoms with E-state index in [1.54, 1.807) is 0 Å². The molecule has 0 atom stereocenters. The van der Waals surface area contributed by atoms with Crippen molar-refractivity contribution in [3.63, 3.8) is 0 Å². The first-order valence-electron chi connectivity index (χ1n) is 21.2. The molecule has 1 rings (SSSR count). The van der Waals surface area contributed by atoms with Gasteiger partial charge in [0, 0.05) is 0 Å². The van der Waals surface area contributed by atoms with Crippen LogP contribution in [0.1, 0.15) is 218 Å². The molecule has 0 saturated heterocycles. The molecule has 7 heteroatoms. The highest BCUT2D eigenvalue weighted by Gasteiger charge is 2.32. The summed E-state index contributed by atoms with van der Waals surface area (Å²) in [6, 6.07) is 0. The molecule has 0 radical (unpaired) electrons. The zero-order valence-electron chi connectivity index (χ0n) is 33.1. The summed E-state index contributed by atoms with van der Waals surface area (Å²) in [7, 11) is 0. The highest BCUT2D eigenvalue weighted by Crippen LogP contribution is 2.54. The largest absolute Gasteiger partial charge is 0.503 e. The molecule has 50 heavy (non-hydrogen) atoms. The van der Waals surface area contributed by atoms with Crippen molar-refractivity contribution in [2.45, 2.75) is 207 Å². The van der Waals surface area contributed by atoms with Gasteiger partial charge in [0.2, 0.25) is 17.2 Å². The van der Waals surface area contributed by atoms with Crippen LogP contribution in [0.25, 0.3) is 0 Å². The molecule has 0 spiro atoms. The van der Waals surface area contributed by atoms with Crippen LogP contribution < -0.4 is 18.9 Å². The van der Waals surface area contributed by atoms with E-state index < -0.39 is 11.7 Å². The molecule has 0 aliphatic carbocycles. The second kappa shape index (κ2) is 32.6. The second-order valence-electron chi connectivity index (χ2n) is 14.2. The van der Waals surface area contributed by atoms with Crippen molar-refractivity contribution >= 4 is 5.97 Å². The summed E-state index contributed by atoms with van der Waals surface area (Å²) in [6.07, 6.45) is 31.8. The number of hydrogen-bond acceptors (Lipinski definition) is 6. The monoisotopic (exact) mass is 707 g/mol. The maximum Gasteiger partial charge on any atom is 0.343 e. The Morgan fingerprint density at radius 3 is 0.920 bits per heavy atom. The smallest absolute Gasteiger partial charge is 0.343 e. The van der Waals surface area contributed by atoms with Gasteiger partial charge in [0.05, 0.1) is 26.4 Å². The van der Waals surface area contributed by atoms with Crippen molar-refractivity contribution < 1.29 is 34.0 Å². The summed E-state index contributed by atoms with van der Waals surface area (Å²) in [4.78, 5) is 12.7. The van der Waals surface area contributed by atoms with Gasteiger partial charge in [0.25, 0.3) is 0 Å². The van der Waals surface area contributed by atoms with E-state index in [0.29, 0.717) is 26.4 Å². The lowest BCUT2D eigenvalue weighted by Gasteiger charge is -2.23. The molecule has 292 valence electrons. The van der Waals surface area contributed by atoms with Crippen LogP contribution in [0.3, 0.4) is 0 Å². The van der Waals surface area contributed by atoms with E-state index in [1.807, 2.05) is 0 Å². The Morgan fingerprint density at radius 2 is 0.620 bits per heavy atom. The molecule has 0 aromatic heterocycles. The molecule has 0 aliphatic heterocycles. The van der Waals surface area contributed by atoms with Gasteiger partial charge in [-0.2, -0.15) is 0 Å². The molecule has 0 bridgehead atoms. The number of phenols is 1. The first-order chi connectivity index (χ1) is 24.5. The Labute approximate surface area is 307 Å². The average molecular weight is 707 g/mol. The zero-order valence-corrected chi connectivity index (χ0v) is 33.1. The van der Waals surface area contributed by atoms with Crippen LogP contribution in [0.15, 0.2) is 0 Å². The van der Waals surface area contributed by atoms with Gasteiger partial charge in [-0.3, -0.25) is 0 Å². The minimum Gasteiger partial charge on any atom is -0.503 e. The van der Waals surface area contributed by atoms with Crippen LogP contribution in [0.5, 0.6) is 28.7 Å². The average Bonchev–Trinajstić information content (AvgIpc) is 3.10. The number of benzene rings is 1. The maximum absolute atomic E-state index is 12.7. The fourth-order valence-electron chi connectivity index (χ4n) is 6.31. The maximum atomic E-state index is 12.7. The number of carboxylic acid groups (broad SMARTS) is 1. The first-order valence-corrected chi connectivity index (χ1v) is 21.2. The normalized spacial score (nSPS) is 11.2. The fourth-order valence-corrected chi connectivity index (χ4v) is 6.31. The number of aromatic carboxylic acids is 1. The van der Waals surface area contributed by atoms with E-state index in [4.69, 9.17) is 18.9 Å². The van der Waals surface area contributed by atoms with Crippen LogP contribution in [0, 0.1) is 0 Å². The van der Waals surface area contributed by atoms with Crippen LogP contribution in [0.4, 0.5) is 0 Å². The minimum absolute atomic E-state index is 0.0572. The number of carbonyl (C=O) groups is 1. The van der Waals surface area contributed by atoms with Gasteiger partial charge < -0.3 is 29.2 Å². The van der Waals surface area contributed by atoms with E-state index in [1.165, 1.54) is 103 Å². The third kappa shape index (κ3) is 21.1. The lowest BCUT2D eigenvalue weighted by molar-refractivity contribution is 0.0685. The lowest BCUT2D eigenvalue weighted by atomic mass is 10.1. The van der Waals surface area contributed by atoms with E-state index >= 15 is 0 Å². The summed E-state index contributed by atoms with van der Waals surface area (Å²) < 4.78 is 25.2. The van der Waals surface area contributed by atoms with Crippen LogP contribution in [0.2, 0.25) is 0 Å². The Bertz CT molecular complexity index is 948. The minimum atomic E-state index is -1.27.